The van der Waals surface area contributed by atoms with Crippen molar-refractivity contribution in [1.82, 2.24) is 0 Å². The van der Waals surface area contributed by atoms with Crippen molar-refractivity contribution in [3.05, 3.63) is 29.8 Å². The van der Waals surface area contributed by atoms with Gasteiger partial charge in [0.1, 0.15) is 17.3 Å². The maximum atomic E-state index is 5.59. The van der Waals surface area contributed by atoms with Gasteiger partial charge in [0.2, 0.25) is 0 Å². The van der Waals surface area contributed by atoms with Gasteiger partial charge in [0, 0.05) is 7.11 Å². The third-order valence-electron chi connectivity index (χ3n) is 2.07. The number of para-hydroxylation sites is 1. The minimum Gasteiger partial charge on any atom is -0.490 e. The summed E-state index contributed by atoms with van der Waals surface area (Å²) in [6, 6.07) is 7.42. The number of nitrogens with two attached hydrogens (primary N) is 1. The SMILES string of the molecule is COCCOCCOc1ccccc1C(N)=S. The number of methoxy groups -OCH3 is 1. The van der Waals surface area contributed by atoms with Gasteiger partial charge >= 0.3 is 0 Å². The van der Waals surface area contributed by atoms with E-state index in [1.54, 1.807) is 7.11 Å². The average Bonchev–Trinajstić information content (AvgIpc) is 2.34. The summed E-state index contributed by atoms with van der Waals surface area (Å²) in [6.07, 6.45) is 0. The first-order valence-electron chi connectivity index (χ1n) is 5.34. The molecule has 1 aromatic carbocycles. The molecular weight excluding hydrogens is 238 g/mol. The molecule has 0 radical (unpaired) electrons. The van der Waals surface area contributed by atoms with Crippen LogP contribution >= 0.6 is 12.2 Å². The lowest BCUT2D eigenvalue weighted by atomic mass is 10.2. The van der Waals surface area contributed by atoms with E-state index in [9.17, 15) is 0 Å². The molecule has 0 saturated heterocycles. The molecule has 0 spiro atoms. The molecule has 0 bridgehead atoms. The smallest absolute Gasteiger partial charge is 0.129 e. The Labute approximate surface area is 107 Å². The maximum absolute atomic E-state index is 5.59. The van der Waals surface area contributed by atoms with Crippen molar-refractivity contribution in [3.8, 4) is 5.75 Å². The van der Waals surface area contributed by atoms with Gasteiger partial charge < -0.3 is 19.9 Å². The summed E-state index contributed by atoms with van der Waals surface area (Å²) < 4.78 is 15.7. The fourth-order valence-electron chi connectivity index (χ4n) is 1.25. The second-order valence-corrected chi connectivity index (χ2v) is 3.75. The van der Waals surface area contributed by atoms with E-state index in [1.165, 1.54) is 0 Å². The van der Waals surface area contributed by atoms with Crippen molar-refractivity contribution in [1.29, 1.82) is 0 Å². The zero-order chi connectivity index (χ0) is 12.5. The quantitative estimate of drug-likeness (QED) is 0.561. The molecule has 0 heterocycles. The molecule has 0 aliphatic heterocycles. The van der Waals surface area contributed by atoms with E-state index in [4.69, 9.17) is 32.2 Å². The second-order valence-electron chi connectivity index (χ2n) is 3.31. The van der Waals surface area contributed by atoms with Gasteiger partial charge in [0.25, 0.3) is 0 Å². The highest BCUT2D eigenvalue weighted by Gasteiger charge is 2.04. The molecule has 1 rings (SSSR count). The van der Waals surface area contributed by atoms with E-state index in [0.29, 0.717) is 37.2 Å². The van der Waals surface area contributed by atoms with Crippen molar-refractivity contribution in [2.45, 2.75) is 0 Å². The summed E-state index contributed by atoms with van der Waals surface area (Å²) in [4.78, 5) is 0.334. The van der Waals surface area contributed by atoms with Crippen molar-refractivity contribution >= 4 is 17.2 Å². The lowest BCUT2D eigenvalue weighted by molar-refractivity contribution is 0.0544. The Kier molecular flexibility index (Phi) is 6.54. The van der Waals surface area contributed by atoms with Crippen molar-refractivity contribution in [3.63, 3.8) is 0 Å². The predicted octanol–water partition coefficient (Wildman–Crippen LogP) is 1.36. The van der Waals surface area contributed by atoms with Gasteiger partial charge in [-0.25, -0.2) is 0 Å². The molecule has 94 valence electrons. The first-order chi connectivity index (χ1) is 8.25. The summed E-state index contributed by atoms with van der Waals surface area (Å²) in [5, 5.41) is 0. The molecule has 2 N–H and O–H groups in total. The van der Waals surface area contributed by atoms with Gasteiger partial charge in [-0.2, -0.15) is 0 Å². The molecule has 0 unspecified atom stereocenters. The maximum Gasteiger partial charge on any atom is 0.129 e. The van der Waals surface area contributed by atoms with Gasteiger partial charge in [0.05, 0.1) is 25.4 Å². The third-order valence-corrected chi connectivity index (χ3v) is 2.29. The second kappa shape index (κ2) is 8.00. The zero-order valence-corrected chi connectivity index (χ0v) is 10.7. The van der Waals surface area contributed by atoms with E-state index in [-0.39, 0.29) is 0 Å². The topological polar surface area (TPSA) is 53.7 Å². The van der Waals surface area contributed by atoms with Gasteiger partial charge in [-0.15, -0.1) is 0 Å². The molecule has 0 saturated carbocycles. The fraction of sp³-hybridized carbons (Fsp3) is 0.417. The van der Waals surface area contributed by atoms with Crippen LogP contribution in [-0.2, 0) is 9.47 Å². The molecule has 0 atom stereocenters. The largest absolute Gasteiger partial charge is 0.490 e. The van der Waals surface area contributed by atoms with Crippen molar-refractivity contribution < 1.29 is 14.2 Å². The van der Waals surface area contributed by atoms with Crippen LogP contribution in [0.5, 0.6) is 5.75 Å². The molecule has 4 nitrogen and oxygen atoms in total. The van der Waals surface area contributed by atoms with E-state index >= 15 is 0 Å². The van der Waals surface area contributed by atoms with E-state index in [0.717, 1.165) is 5.56 Å². The molecule has 1 aromatic rings. The van der Waals surface area contributed by atoms with Crippen LogP contribution in [0, 0.1) is 0 Å². The highest BCUT2D eigenvalue weighted by molar-refractivity contribution is 7.80. The summed E-state index contributed by atoms with van der Waals surface area (Å²) in [6.45, 7) is 2.12. The van der Waals surface area contributed by atoms with Crippen LogP contribution < -0.4 is 10.5 Å². The fourth-order valence-corrected chi connectivity index (χ4v) is 1.42. The first kappa shape index (κ1) is 13.9. The molecule has 0 aliphatic carbocycles. The molecule has 0 aromatic heterocycles. The number of ether oxygens (including phenoxy) is 3. The minimum absolute atomic E-state index is 0.334. The van der Waals surface area contributed by atoms with Crippen molar-refractivity contribution in [2.75, 3.05) is 33.5 Å². The number of benzene rings is 1. The van der Waals surface area contributed by atoms with Crippen LogP contribution in [-0.4, -0.2) is 38.5 Å². The minimum atomic E-state index is 0.334. The summed E-state index contributed by atoms with van der Waals surface area (Å²) >= 11 is 4.94. The molecule has 17 heavy (non-hydrogen) atoms. The Morgan fingerprint density at radius 3 is 2.59 bits per heavy atom. The third kappa shape index (κ3) is 5.12. The standard InChI is InChI=1S/C12H17NO3S/c1-14-6-7-15-8-9-16-11-5-3-2-4-10(11)12(13)17/h2-5H,6-9H2,1H3,(H2,13,17). The average molecular weight is 255 g/mol. The van der Waals surface area contributed by atoms with E-state index < -0.39 is 0 Å². The molecule has 0 fully saturated rings. The molecule has 5 heteroatoms. The van der Waals surface area contributed by atoms with Gasteiger partial charge in [-0.1, -0.05) is 24.4 Å². The van der Waals surface area contributed by atoms with Gasteiger partial charge in [-0.05, 0) is 12.1 Å². The monoisotopic (exact) mass is 255 g/mol. The van der Waals surface area contributed by atoms with Crippen LogP contribution in [0.25, 0.3) is 0 Å². The normalized spacial score (nSPS) is 10.2. The highest BCUT2D eigenvalue weighted by atomic mass is 32.1. The lowest BCUT2D eigenvalue weighted by Crippen LogP contribution is -2.14. The highest BCUT2D eigenvalue weighted by Crippen LogP contribution is 2.17. The van der Waals surface area contributed by atoms with Crippen LogP contribution in [0.2, 0.25) is 0 Å². The Morgan fingerprint density at radius 2 is 1.88 bits per heavy atom. The van der Waals surface area contributed by atoms with E-state index in [2.05, 4.69) is 0 Å². The van der Waals surface area contributed by atoms with Crippen LogP contribution in [0.3, 0.4) is 0 Å². The Morgan fingerprint density at radius 1 is 1.18 bits per heavy atom. The van der Waals surface area contributed by atoms with Gasteiger partial charge in [0.15, 0.2) is 0 Å². The lowest BCUT2D eigenvalue weighted by Gasteiger charge is -2.10. The Balaban J connectivity index is 2.34. The number of thiocarbonyl (C=S) groups is 1. The predicted molar refractivity (Wildman–Crippen MR) is 70.5 cm³/mol. The van der Waals surface area contributed by atoms with Crippen molar-refractivity contribution in [2.24, 2.45) is 5.73 Å². The number of rotatable bonds is 8. The van der Waals surface area contributed by atoms with Crippen LogP contribution in [0.1, 0.15) is 5.56 Å². The Hall–Kier alpha value is -1.17. The summed E-state index contributed by atoms with van der Waals surface area (Å²) in [7, 11) is 1.64. The molecular formula is C12H17NO3S. The summed E-state index contributed by atoms with van der Waals surface area (Å²) in [5.41, 5.74) is 6.34. The Bertz CT molecular complexity index is 357. The number of hydrogen-bond acceptors (Lipinski definition) is 4. The van der Waals surface area contributed by atoms with Gasteiger partial charge in [-0.3, -0.25) is 0 Å². The zero-order valence-electron chi connectivity index (χ0n) is 9.85. The van der Waals surface area contributed by atoms with E-state index in [1.807, 2.05) is 24.3 Å². The molecule has 0 aliphatic rings. The molecule has 0 amide bonds. The van der Waals surface area contributed by atoms with Crippen LogP contribution in [0.15, 0.2) is 24.3 Å². The number of hydrogen-bond donors (Lipinski definition) is 1. The van der Waals surface area contributed by atoms with Crippen LogP contribution in [0.4, 0.5) is 0 Å². The first-order valence-corrected chi connectivity index (χ1v) is 5.75. The summed E-state index contributed by atoms with van der Waals surface area (Å²) in [5.74, 6) is 0.690.